The first kappa shape index (κ1) is 18.2. The minimum atomic E-state index is -0.574. The van der Waals surface area contributed by atoms with E-state index in [0.717, 1.165) is 36.3 Å². The highest BCUT2D eigenvalue weighted by Crippen LogP contribution is 2.61. The Hall–Kier alpha value is -2.87. The minimum absolute atomic E-state index is 0.0190. The Bertz CT molecular complexity index is 1110. The van der Waals surface area contributed by atoms with Crippen molar-refractivity contribution in [1.29, 1.82) is 0 Å². The molecule has 0 spiro atoms. The van der Waals surface area contributed by atoms with Crippen molar-refractivity contribution in [2.45, 2.75) is 37.3 Å². The Morgan fingerprint density at radius 1 is 1.31 bits per heavy atom. The van der Waals surface area contributed by atoms with Crippen LogP contribution in [0.15, 0.2) is 36.7 Å². The Labute approximate surface area is 171 Å². The molecule has 9 heteroatoms. The van der Waals surface area contributed by atoms with Crippen molar-refractivity contribution in [2.24, 2.45) is 0 Å². The lowest BCUT2D eigenvalue weighted by Gasteiger charge is -2.70. The first-order chi connectivity index (χ1) is 13.9. The van der Waals surface area contributed by atoms with Gasteiger partial charge in [-0.3, -0.25) is 4.79 Å². The fourth-order valence-electron chi connectivity index (χ4n) is 4.42. The third-order valence-electron chi connectivity index (χ3n) is 5.63. The van der Waals surface area contributed by atoms with E-state index in [1.54, 1.807) is 10.7 Å². The second kappa shape index (κ2) is 6.32. The number of carbonyl (C=O) groups excluding carboxylic acids is 1. The van der Waals surface area contributed by atoms with Gasteiger partial charge in [-0.1, -0.05) is 11.6 Å². The number of nitrogens with one attached hydrogen (secondary N) is 2. The van der Waals surface area contributed by atoms with Crippen LogP contribution < -0.4 is 15.4 Å². The number of hydrogen-bond acceptors (Lipinski definition) is 5. The SMILES string of the molecule is Cc1cnn2ccc(NC34CC(NC(=O)COc5ccc(Cl)c(F)c5)(C3)C4)nc12. The van der Waals surface area contributed by atoms with Gasteiger partial charge in [0.2, 0.25) is 0 Å². The lowest BCUT2D eigenvalue weighted by atomic mass is 9.44. The Morgan fingerprint density at radius 3 is 2.86 bits per heavy atom. The average molecular weight is 416 g/mol. The maximum atomic E-state index is 13.4. The summed E-state index contributed by atoms with van der Waals surface area (Å²) in [6.07, 6.45) is 6.20. The van der Waals surface area contributed by atoms with Gasteiger partial charge in [0.05, 0.1) is 11.2 Å². The van der Waals surface area contributed by atoms with Crippen LogP contribution in [0.4, 0.5) is 10.2 Å². The number of aryl methyl sites for hydroxylation is 1. The quantitative estimate of drug-likeness (QED) is 0.646. The van der Waals surface area contributed by atoms with E-state index < -0.39 is 5.82 Å². The van der Waals surface area contributed by atoms with E-state index in [2.05, 4.69) is 20.7 Å². The van der Waals surface area contributed by atoms with Gasteiger partial charge in [-0.25, -0.2) is 13.9 Å². The fourth-order valence-corrected chi connectivity index (χ4v) is 4.54. The van der Waals surface area contributed by atoms with Crippen LogP contribution in [0.2, 0.25) is 5.02 Å². The van der Waals surface area contributed by atoms with Crippen molar-refractivity contribution >= 4 is 29.0 Å². The summed E-state index contributed by atoms with van der Waals surface area (Å²) in [5.41, 5.74) is 1.65. The molecule has 0 radical (unpaired) electrons. The number of anilines is 1. The van der Waals surface area contributed by atoms with Crippen molar-refractivity contribution in [1.82, 2.24) is 19.9 Å². The van der Waals surface area contributed by atoms with E-state index in [-0.39, 0.29) is 34.4 Å². The molecule has 0 saturated heterocycles. The van der Waals surface area contributed by atoms with Gasteiger partial charge < -0.3 is 15.4 Å². The Morgan fingerprint density at radius 2 is 2.10 bits per heavy atom. The highest BCUT2D eigenvalue weighted by atomic mass is 35.5. The number of carbonyl (C=O) groups is 1. The first-order valence-electron chi connectivity index (χ1n) is 9.34. The van der Waals surface area contributed by atoms with Crippen LogP contribution >= 0.6 is 11.6 Å². The summed E-state index contributed by atoms with van der Waals surface area (Å²) in [5.74, 6) is 0.293. The minimum Gasteiger partial charge on any atom is -0.484 e. The van der Waals surface area contributed by atoms with E-state index in [1.807, 2.05) is 19.2 Å². The summed E-state index contributed by atoms with van der Waals surface area (Å²) < 4.78 is 20.5. The van der Waals surface area contributed by atoms with Crippen LogP contribution in [-0.2, 0) is 4.79 Å². The number of halogens is 2. The van der Waals surface area contributed by atoms with Gasteiger partial charge in [0.25, 0.3) is 5.91 Å². The topological polar surface area (TPSA) is 80.5 Å². The second-order valence-corrected chi connectivity index (χ2v) is 8.44. The van der Waals surface area contributed by atoms with Gasteiger partial charge in [0, 0.05) is 28.9 Å². The van der Waals surface area contributed by atoms with Crippen LogP contribution in [-0.4, -0.2) is 38.2 Å². The molecule has 2 bridgehead atoms. The first-order valence-corrected chi connectivity index (χ1v) is 9.71. The zero-order chi connectivity index (χ0) is 20.2. The van der Waals surface area contributed by atoms with E-state index in [9.17, 15) is 9.18 Å². The lowest BCUT2D eigenvalue weighted by molar-refractivity contribution is -0.135. The second-order valence-electron chi connectivity index (χ2n) is 8.04. The largest absolute Gasteiger partial charge is 0.484 e. The molecule has 3 fully saturated rings. The van der Waals surface area contributed by atoms with Crippen molar-refractivity contribution in [2.75, 3.05) is 11.9 Å². The van der Waals surface area contributed by atoms with Crippen LogP contribution in [0.5, 0.6) is 5.75 Å². The number of ether oxygens (including phenoxy) is 1. The maximum absolute atomic E-state index is 13.4. The molecule has 7 nitrogen and oxygen atoms in total. The molecule has 3 aromatic rings. The van der Waals surface area contributed by atoms with E-state index in [0.29, 0.717) is 0 Å². The number of aromatic nitrogens is 3. The lowest BCUT2D eigenvalue weighted by Crippen LogP contribution is -2.81. The van der Waals surface area contributed by atoms with Gasteiger partial charge in [-0.15, -0.1) is 0 Å². The van der Waals surface area contributed by atoms with Gasteiger partial charge >= 0.3 is 0 Å². The fraction of sp³-hybridized carbons (Fsp3) is 0.350. The number of amides is 1. The summed E-state index contributed by atoms with van der Waals surface area (Å²) in [7, 11) is 0. The smallest absolute Gasteiger partial charge is 0.258 e. The normalized spacial score (nSPS) is 24.5. The summed E-state index contributed by atoms with van der Waals surface area (Å²) in [6, 6.07) is 6.01. The molecule has 0 atom stereocenters. The van der Waals surface area contributed by atoms with Crippen molar-refractivity contribution in [3.05, 3.63) is 53.1 Å². The predicted octanol–water partition coefficient (Wildman–Crippen LogP) is 3.11. The third kappa shape index (κ3) is 3.17. The molecular formula is C20H19ClFN5O2. The standard InChI is InChI=1S/C20H19ClFN5O2/c1-12-7-23-27-5-4-16(24-18(12)27)25-19-9-20(10-19,11-19)26-17(28)8-29-13-2-3-14(21)15(22)6-13/h2-7H,8-11H2,1H3,(H,24,25)(H,26,28). The van der Waals surface area contributed by atoms with Gasteiger partial charge in [-0.05, 0) is 44.4 Å². The Balaban J connectivity index is 1.14. The highest BCUT2D eigenvalue weighted by molar-refractivity contribution is 6.30. The monoisotopic (exact) mass is 415 g/mol. The molecule has 2 N–H and O–H groups in total. The molecule has 6 rings (SSSR count). The number of benzene rings is 1. The molecular weight excluding hydrogens is 397 g/mol. The number of nitrogens with zero attached hydrogens (tertiary/aromatic N) is 3. The predicted molar refractivity (Wildman–Crippen MR) is 106 cm³/mol. The average Bonchev–Trinajstić information content (AvgIpc) is 3.00. The van der Waals surface area contributed by atoms with Gasteiger partial charge in [-0.2, -0.15) is 5.10 Å². The van der Waals surface area contributed by atoms with Crippen molar-refractivity contribution in [3.8, 4) is 5.75 Å². The van der Waals surface area contributed by atoms with Crippen LogP contribution in [0.25, 0.3) is 5.65 Å². The maximum Gasteiger partial charge on any atom is 0.258 e. The van der Waals surface area contributed by atoms with Crippen molar-refractivity contribution < 1.29 is 13.9 Å². The molecule has 2 aromatic heterocycles. The molecule has 3 aliphatic rings. The molecule has 0 unspecified atom stereocenters. The summed E-state index contributed by atoms with van der Waals surface area (Å²) in [4.78, 5) is 16.8. The molecule has 3 aliphatic carbocycles. The van der Waals surface area contributed by atoms with Crippen LogP contribution in [0, 0.1) is 12.7 Å². The van der Waals surface area contributed by atoms with Crippen LogP contribution in [0.3, 0.4) is 0 Å². The van der Waals surface area contributed by atoms with Crippen LogP contribution in [0.1, 0.15) is 24.8 Å². The highest BCUT2D eigenvalue weighted by Gasteiger charge is 2.68. The number of fused-ring (bicyclic) bond motifs is 1. The Kier molecular flexibility index (Phi) is 3.96. The van der Waals surface area contributed by atoms with Crippen molar-refractivity contribution in [3.63, 3.8) is 0 Å². The molecule has 2 heterocycles. The third-order valence-corrected chi connectivity index (χ3v) is 5.94. The van der Waals surface area contributed by atoms with E-state index >= 15 is 0 Å². The number of rotatable bonds is 6. The summed E-state index contributed by atoms with van der Waals surface area (Å²) in [5, 5.41) is 10.8. The zero-order valence-electron chi connectivity index (χ0n) is 15.7. The van der Waals surface area contributed by atoms with E-state index in [4.69, 9.17) is 16.3 Å². The summed E-state index contributed by atoms with van der Waals surface area (Å²) >= 11 is 5.64. The summed E-state index contributed by atoms with van der Waals surface area (Å²) in [6.45, 7) is 1.81. The van der Waals surface area contributed by atoms with Gasteiger partial charge in [0.15, 0.2) is 12.3 Å². The molecule has 3 saturated carbocycles. The van der Waals surface area contributed by atoms with E-state index in [1.165, 1.54) is 18.2 Å². The molecule has 0 aliphatic heterocycles. The van der Waals surface area contributed by atoms with Gasteiger partial charge in [0.1, 0.15) is 17.4 Å². The molecule has 29 heavy (non-hydrogen) atoms. The molecule has 150 valence electrons. The molecule has 1 amide bonds. The zero-order valence-corrected chi connectivity index (χ0v) is 16.5. The molecule has 1 aromatic carbocycles. The number of hydrogen-bond donors (Lipinski definition) is 2.